The predicted molar refractivity (Wildman–Crippen MR) is 107 cm³/mol. The second kappa shape index (κ2) is 8.13. The molecule has 0 spiro atoms. The highest BCUT2D eigenvalue weighted by Crippen LogP contribution is 2.23. The predicted octanol–water partition coefficient (Wildman–Crippen LogP) is 1.64. The number of hydrogen-bond donors (Lipinski definition) is 4. The van der Waals surface area contributed by atoms with Crippen LogP contribution >= 0.6 is 11.7 Å². The third kappa shape index (κ3) is 4.49. The lowest BCUT2D eigenvalue weighted by Gasteiger charge is -2.18. The Morgan fingerprint density at radius 3 is 2.61 bits per heavy atom. The standard InChI is InChI=1S/C17H20N8O2S/c1-8(2)5-13(15(19)27)22-17-20-7-10(14(18)26)16(23-17)21-9-3-4-11-12(6-9)25-28-24-11/h3-4,6-8,13H,5H2,1-2H3,(H2,18,26)(H2,19,27)(H2,20,21,22,23). The van der Waals surface area contributed by atoms with Crippen LogP contribution in [0.2, 0.25) is 0 Å². The van der Waals surface area contributed by atoms with E-state index in [4.69, 9.17) is 11.5 Å². The van der Waals surface area contributed by atoms with Gasteiger partial charge in [-0.1, -0.05) is 13.8 Å². The van der Waals surface area contributed by atoms with Gasteiger partial charge in [0.2, 0.25) is 11.9 Å². The number of hydrogen-bond acceptors (Lipinski definition) is 9. The Hall–Kier alpha value is -3.34. The minimum absolute atomic E-state index is 0.113. The van der Waals surface area contributed by atoms with Gasteiger partial charge in [0.25, 0.3) is 5.91 Å². The highest BCUT2D eigenvalue weighted by molar-refractivity contribution is 7.00. The molecule has 2 heterocycles. The Morgan fingerprint density at radius 1 is 1.18 bits per heavy atom. The largest absolute Gasteiger partial charge is 0.368 e. The van der Waals surface area contributed by atoms with Crippen molar-refractivity contribution in [1.29, 1.82) is 0 Å². The van der Waals surface area contributed by atoms with Crippen molar-refractivity contribution >= 4 is 52.0 Å². The molecule has 0 saturated heterocycles. The van der Waals surface area contributed by atoms with Crippen LogP contribution in [0.25, 0.3) is 11.0 Å². The number of anilines is 3. The molecule has 0 fully saturated rings. The number of carbonyl (C=O) groups excluding carboxylic acids is 2. The molecule has 0 aliphatic carbocycles. The van der Waals surface area contributed by atoms with Crippen LogP contribution in [0, 0.1) is 5.92 Å². The Labute approximate surface area is 165 Å². The summed E-state index contributed by atoms with van der Waals surface area (Å²) in [6.45, 7) is 3.95. The monoisotopic (exact) mass is 400 g/mol. The second-order valence-corrected chi connectivity index (χ2v) is 7.17. The summed E-state index contributed by atoms with van der Waals surface area (Å²) in [5.41, 5.74) is 13.1. The molecular formula is C17H20N8O2S. The van der Waals surface area contributed by atoms with E-state index in [1.807, 2.05) is 13.8 Å². The summed E-state index contributed by atoms with van der Waals surface area (Å²) in [7, 11) is 0. The van der Waals surface area contributed by atoms with Crippen molar-refractivity contribution in [1.82, 2.24) is 18.7 Å². The van der Waals surface area contributed by atoms with E-state index in [0.29, 0.717) is 17.6 Å². The molecule has 0 bridgehead atoms. The number of nitrogens with two attached hydrogens (primary N) is 2. The fourth-order valence-corrected chi connectivity index (χ4v) is 3.11. The minimum Gasteiger partial charge on any atom is -0.368 e. The van der Waals surface area contributed by atoms with Crippen molar-refractivity contribution in [3.63, 3.8) is 0 Å². The second-order valence-electron chi connectivity index (χ2n) is 6.64. The average Bonchev–Trinajstić information content (AvgIpc) is 3.08. The van der Waals surface area contributed by atoms with E-state index in [1.54, 1.807) is 18.2 Å². The van der Waals surface area contributed by atoms with Crippen LogP contribution in [0.15, 0.2) is 24.4 Å². The van der Waals surface area contributed by atoms with Crippen molar-refractivity contribution in [3.8, 4) is 0 Å². The zero-order valence-electron chi connectivity index (χ0n) is 15.3. The lowest BCUT2D eigenvalue weighted by atomic mass is 10.0. The van der Waals surface area contributed by atoms with E-state index in [1.165, 1.54) is 6.20 Å². The summed E-state index contributed by atoms with van der Waals surface area (Å²) in [6, 6.07) is 4.74. The van der Waals surface area contributed by atoms with Gasteiger partial charge in [-0.15, -0.1) is 0 Å². The first-order valence-electron chi connectivity index (χ1n) is 8.55. The van der Waals surface area contributed by atoms with Crippen molar-refractivity contribution in [2.75, 3.05) is 10.6 Å². The van der Waals surface area contributed by atoms with Gasteiger partial charge in [-0.2, -0.15) is 13.7 Å². The SMILES string of the molecule is CC(C)CC(Nc1ncc(C(N)=O)c(Nc2ccc3nsnc3c2)n1)C(N)=O. The molecule has 0 aliphatic rings. The number of primary amides is 2. The van der Waals surface area contributed by atoms with Gasteiger partial charge < -0.3 is 22.1 Å². The lowest BCUT2D eigenvalue weighted by Crippen LogP contribution is -2.37. The zero-order valence-corrected chi connectivity index (χ0v) is 16.2. The molecule has 0 aliphatic heterocycles. The maximum atomic E-state index is 11.8. The molecular weight excluding hydrogens is 380 g/mol. The number of fused-ring (bicyclic) bond motifs is 1. The van der Waals surface area contributed by atoms with Gasteiger partial charge in [-0.05, 0) is 30.5 Å². The molecule has 1 atom stereocenters. The number of rotatable bonds is 8. The Morgan fingerprint density at radius 2 is 1.93 bits per heavy atom. The molecule has 146 valence electrons. The van der Waals surface area contributed by atoms with E-state index in [2.05, 4.69) is 29.3 Å². The van der Waals surface area contributed by atoms with Gasteiger partial charge >= 0.3 is 0 Å². The highest BCUT2D eigenvalue weighted by atomic mass is 32.1. The maximum Gasteiger partial charge on any atom is 0.254 e. The van der Waals surface area contributed by atoms with E-state index in [9.17, 15) is 9.59 Å². The average molecular weight is 400 g/mol. The number of nitrogens with zero attached hydrogens (tertiary/aromatic N) is 4. The summed E-state index contributed by atoms with van der Waals surface area (Å²) in [5.74, 6) is -0.578. The topological polar surface area (TPSA) is 162 Å². The number of nitrogens with one attached hydrogen (secondary N) is 2. The summed E-state index contributed by atoms with van der Waals surface area (Å²) < 4.78 is 8.33. The molecule has 2 amide bonds. The van der Waals surface area contributed by atoms with Gasteiger partial charge in [-0.25, -0.2) is 4.98 Å². The van der Waals surface area contributed by atoms with Crippen LogP contribution in [0.5, 0.6) is 0 Å². The summed E-state index contributed by atoms with van der Waals surface area (Å²) in [6.07, 6.45) is 1.82. The summed E-state index contributed by atoms with van der Waals surface area (Å²) in [4.78, 5) is 31.8. The van der Waals surface area contributed by atoms with E-state index in [0.717, 1.165) is 17.2 Å². The van der Waals surface area contributed by atoms with Gasteiger partial charge in [0.05, 0.1) is 11.7 Å². The van der Waals surface area contributed by atoms with E-state index < -0.39 is 17.9 Å². The van der Waals surface area contributed by atoms with Crippen LogP contribution in [-0.2, 0) is 4.79 Å². The fraction of sp³-hybridized carbons (Fsp3) is 0.294. The molecule has 1 aromatic carbocycles. The van der Waals surface area contributed by atoms with Crippen molar-refractivity contribution in [3.05, 3.63) is 30.0 Å². The number of carbonyl (C=O) groups is 2. The lowest BCUT2D eigenvalue weighted by molar-refractivity contribution is -0.119. The fourth-order valence-electron chi connectivity index (χ4n) is 2.60. The Kier molecular flexibility index (Phi) is 5.64. The molecule has 10 nitrogen and oxygen atoms in total. The molecule has 3 rings (SSSR count). The van der Waals surface area contributed by atoms with Crippen LogP contribution in [0.1, 0.15) is 30.6 Å². The molecule has 28 heavy (non-hydrogen) atoms. The van der Waals surface area contributed by atoms with Crippen LogP contribution < -0.4 is 22.1 Å². The summed E-state index contributed by atoms with van der Waals surface area (Å²) in [5, 5.41) is 5.97. The molecule has 1 unspecified atom stereocenters. The number of benzene rings is 1. The first-order chi connectivity index (χ1) is 13.3. The first kappa shape index (κ1) is 19.4. The number of amides is 2. The number of aromatic nitrogens is 4. The van der Waals surface area contributed by atoms with Crippen molar-refractivity contribution in [2.24, 2.45) is 17.4 Å². The van der Waals surface area contributed by atoms with E-state index in [-0.39, 0.29) is 23.2 Å². The molecule has 2 aromatic heterocycles. The third-order valence-corrected chi connectivity index (χ3v) is 4.48. The van der Waals surface area contributed by atoms with Crippen LogP contribution in [0.3, 0.4) is 0 Å². The third-order valence-electron chi connectivity index (χ3n) is 3.92. The van der Waals surface area contributed by atoms with Crippen LogP contribution in [0.4, 0.5) is 17.5 Å². The minimum atomic E-state index is -0.681. The molecule has 3 aromatic rings. The smallest absolute Gasteiger partial charge is 0.254 e. The maximum absolute atomic E-state index is 11.8. The normalized spacial score (nSPS) is 12.1. The van der Waals surface area contributed by atoms with Gasteiger partial charge in [0.1, 0.15) is 28.5 Å². The van der Waals surface area contributed by atoms with Crippen molar-refractivity contribution < 1.29 is 9.59 Å². The Balaban J connectivity index is 1.90. The molecule has 0 radical (unpaired) electrons. The molecule has 0 saturated carbocycles. The molecule has 6 N–H and O–H groups in total. The quantitative estimate of drug-likeness (QED) is 0.443. The molecule has 11 heteroatoms. The highest BCUT2D eigenvalue weighted by Gasteiger charge is 2.20. The van der Waals surface area contributed by atoms with Crippen LogP contribution in [-0.4, -0.2) is 36.6 Å². The van der Waals surface area contributed by atoms with Gasteiger partial charge in [0.15, 0.2) is 0 Å². The van der Waals surface area contributed by atoms with Gasteiger partial charge in [-0.3, -0.25) is 9.59 Å². The van der Waals surface area contributed by atoms with Crippen molar-refractivity contribution in [2.45, 2.75) is 26.3 Å². The Bertz CT molecular complexity index is 1020. The zero-order chi connectivity index (χ0) is 20.3. The van der Waals surface area contributed by atoms with E-state index >= 15 is 0 Å². The van der Waals surface area contributed by atoms with Gasteiger partial charge in [0, 0.05) is 11.9 Å². The summed E-state index contributed by atoms with van der Waals surface area (Å²) >= 11 is 1.11. The first-order valence-corrected chi connectivity index (χ1v) is 9.28.